The van der Waals surface area contributed by atoms with Gasteiger partial charge in [0, 0.05) is 37.6 Å². The van der Waals surface area contributed by atoms with Crippen molar-refractivity contribution in [2.24, 2.45) is 5.92 Å². The molecule has 0 radical (unpaired) electrons. The lowest BCUT2D eigenvalue weighted by molar-refractivity contribution is -0.130. The van der Waals surface area contributed by atoms with Crippen LogP contribution < -0.4 is 10.6 Å². The van der Waals surface area contributed by atoms with E-state index in [-0.39, 0.29) is 29.3 Å². The van der Waals surface area contributed by atoms with Crippen molar-refractivity contribution in [3.05, 3.63) is 72.4 Å². The maximum atomic E-state index is 13.4. The van der Waals surface area contributed by atoms with Crippen molar-refractivity contribution in [2.45, 2.75) is 57.5 Å². The number of benzene rings is 2. The van der Waals surface area contributed by atoms with Crippen LogP contribution in [0.1, 0.15) is 50.6 Å². The second-order valence-corrected chi connectivity index (χ2v) is 10.4. The molecule has 2 aromatic carbocycles. The lowest BCUT2D eigenvalue weighted by atomic mass is 9.83. The quantitative estimate of drug-likeness (QED) is 0.280. The lowest BCUT2D eigenvalue weighted by Gasteiger charge is -2.34. The number of nitrogens with one attached hydrogen (secondary N) is 2. The Morgan fingerprint density at radius 2 is 1.66 bits per heavy atom. The largest absolute Gasteiger partial charge is 0.465 e. The molecule has 3 amide bonds. The Labute approximate surface area is 237 Å². The molecule has 0 bridgehead atoms. The summed E-state index contributed by atoms with van der Waals surface area (Å²) in [6.45, 7) is 1.57. The summed E-state index contributed by atoms with van der Waals surface area (Å²) >= 11 is 0. The van der Waals surface area contributed by atoms with Gasteiger partial charge in [0.25, 0.3) is 6.43 Å². The standard InChI is InChI=1S/C31H34F2N4O4/c1-19(38)37(2)25-14-8-20(9-15-25)16-27(39)35-24-17-26(21-6-4-3-5-7-21)28(34-18-24)22-10-12-23(13-11-22)29(30(32)33)36-31(40)41/h3-7,10-13,17-18,20,25,29-30,36H,8-9,14-16H2,1-2H3,(H,35,39)(H,40,41)/t20?,25?,29-/m0/s1. The van der Waals surface area contributed by atoms with Crippen LogP contribution in [0.3, 0.4) is 0 Å². The molecular formula is C31H34F2N4O4. The van der Waals surface area contributed by atoms with Gasteiger partial charge in [0.2, 0.25) is 11.8 Å². The van der Waals surface area contributed by atoms with E-state index in [1.165, 1.54) is 12.1 Å². The molecule has 1 aliphatic carbocycles. The second kappa shape index (κ2) is 13.3. The maximum Gasteiger partial charge on any atom is 0.405 e. The van der Waals surface area contributed by atoms with Crippen molar-refractivity contribution in [1.29, 1.82) is 0 Å². The number of hydrogen-bond donors (Lipinski definition) is 3. The van der Waals surface area contributed by atoms with Gasteiger partial charge in [0.15, 0.2) is 0 Å². The summed E-state index contributed by atoms with van der Waals surface area (Å²) < 4.78 is 26.9. The van der Waals surface area contributed by atoms with Crippen LogP contribution in [0.5, 0.6) is 0 Å². The molecule has 8 nitrogen and oxygen atoms in total. The number of nitrogens with zero attached hydrogens (tertiary/aromatic N) is 2. The number of carboxylic acid groups (broad SMARTS) is 1. The highest BCUT2D eigenvalue weighted by molar-refractivity contribution is 5.93. The van der Waals surface area contributed by atoms with Gasteiger partial charge in [-0.3, -0.25) is 14.6 Å². The number of alkyl halides is 2. The van der Waals surface area contributed by atoms with Crippen molar-refractivity contribution in [1.82, 2.24) is 15.2 Å². The van der Waals surface area contributed by atoms with E-state index in [9.17, 15) is 23.2 Å². The Hall–Kier alpha value is -4.34. The van der Waals surface area contributed by atoms with Crippen LogP contribution in [0.25, 0.3) is 22.4 Å². The Bertz CT molecular complexity index is 1360. The maximum absolute atomic E-state index is 13.4. The fourth-order valence-electron chi connectivity index (χ4n) is 5.34. The molecule has 0 spiro atoms. The third kappa shape index (κ3) is 7.65. The molecule has 41 heavy (non-hydrogen) atoms. The number of carbonyl (C=O) groups is 3. The predicted molar refractivity (Wildman–Crippen MR) is 152 cm³/mol. The van der Waals surface area contributed by atoms with Crippen molar-refractivity contribution >= 4 is 23.6 Å². The van der Waals surface area contributed by atoms with Crippen LogP contribution in [0, 0.1) is 5.92 Å². The average Bonchev–Trinajstić information content (AvgIpc) is 2.96. The molecule has 0 aliphatic heterocycles. The summed E-state index contributed by atoms with van der Waals surface area (Å²) in [5.41, 5.74) is 3.54. The first-order valence-corrected chi connectivity index (χ1v) is 13.6. The number of aromatic nitrogens is 1. The lowest BCUT2D eigenvalue weighted by Crippen LogP contribution is -2.38. The predicted octanol–water partition coefficient (Wildman–Crippen LogP) is 6.36. The number of pyridine rings is 1. The zero-order valence-electron chi connectivity index (χ0n) is 23.0. The fraction of sp³-hybridized carbons (Fsp3) is 0.355. The molecule has 1 saturated carbocycles. The number of hydrogen-bond acceptors (Lipinski definition) is 4. The Morgan fingerprint density at radius 3 is 2.24 bits per heavy atom. The van der Waals surface area contributed by atoms with Gasteiger partial charge in [0.1, 0.15) is 6.04 Å². The smallest absolute Gasteiger partial charge is 0.405 e. The highest BCUT2D eigenvalue weighted by Gasteiger charge is 2.27. The van der Waals surface area contributed by atoms with Crippen LogP contribution in [-0.4, -0.2) is 52.4 Å². The van der Waals surface area contributed by atoms with Crippen molar-refractivity contribution in [3.8, 4) is 22.4 Å². The molecule has 3 aromatic rings. The minimum Gasteiger partial charge on any atom is -0.465 e. The Morgan fingerprint density at radius 1 is 1.00 bits per heavy atom. The monoisotopic (exact) mass is 564 g/mol. The molecule has 1 heterocycles. The minimum absolute atomic E-state index is 0.0554. The molecule has 1 atom stereocenters. The van der Waals surface area contributed by atoms with E-state index >= 15 is 0 Å². The molecule has 0 saturated heterocycles. The van der Waals surface area contributed by atoms with Gasteiger partial charge in [-0.1, -0.05) is 54.6 Å². The van der Waals surface area contributed by atoms with Gasteiger partial charge in [-0.15, -0.1) is 0 Å². The van der Waals surface area contributed by atoms with Crippen LogP contribution in [0.15, 0.2) is 66.9 Å². The fourth-order valence-corrected chi connectivity index (χ4v) is 5.34. The van der Waals surface area contributed by atoms with E-state index < -0.39 is 18.6 Å². The van der Waals surface area contributed by atoms with E-state index in [2.05, 4.69) is 10.3 Å². The number of rotatable bonds is 9. The summed E-state index contributed by atoms with van der Waals surface area (Å²) in [5, 5.41) is 13.7. The summed E-state index contributed by atoms with van der Waals surface area (Å²) in [5.74, 6) is 0.203. The second-order valence-electron chi connectivity index (χ2n) is 10.4. The van der Waals surface area contributed by atoms with E-state index in [0.717, 1.165) is 36.8 Å². The Kier molecular flexibility index (Phi) is 9.65. The molecule has 1 aromatic heterocycles. The number of carbonyl (C=O) groups excluding carboxylic acids is 2. The van der Waals surface area contributed by atoms with Crippen LogP contribution in [0.4, 0.5) is 19.3 Å². The molecule has 1 fully saturated rings. The van der Waals surface area contributed by atoms with Gasteiger partial charge in [-0.2, -0.15) is 0 Å². The Balaban J connectivity index is 1.51. The number of halogens is 2. The third-order valence-electron chi connectivity index (χ3n) is 7.67. The van der Waals surface area contributed by atoms with Gasteiger partial charge < -0.3 is 20.6 Å². The van der Waals surface area contributed by atoms with Gasteiger partial charge in [-0.05, 0) is 48.8 Å². The number of amides is 3. The molecule has 216 valence electrons. The van der Waals surface area contributed by atoms with Crippen molar-refractivity contribution < 1.29 is 28.3 Å². The van der Waals surface area contributed by atoms with Crippen LogP contribution >= 0.6 is 0 Å². The average molecular weight is 565 g/mol. The topological polar surface area (TPSA) is 112 Å². The first kappa shape index (κ1) is 29.6. The summed E-state index contributed by atoms with van der Waals surface area (Å²) in [6.07, 6.45) is 1.04. The normalized spacial score (nSPS) is 17.5. The van der Waals surface area contributed by atoms with Gasteiger partial charge in [-0.25, -0.2) is 13.6 Å². The first-order chi connectivity index (χ1) is 19.6. The zero-order valence-corrected chi connectivity index (χ0v) is 23.0. The van der Waals surface area contributed by atoms with Crippen LogP contribution in [-0.2, 0) is 9.59 Å². The summed E-state index contributed by atoms with van der Waals surface area (Å²) in [7, 11) is 1.83. The molecule has 0 unspecified atom stereocenters. The highest BCUT2D eigenvalue weighted by Crippen LogP contribution is 2.34. The minimum atomic E-state index is -2.91. The third-order valence-corrected chi connectivity index (χ3v) is 7.67. The van der Waals surface area contributed by atoms with Crippen molar-refractivity contribution in [2.75, 3.05) is 12.4 Å². The van der Waals surface area contributed by atoms with E-state index in [0.29, 0.717) is 23.4 Å². The first-order valence-electron chi connectivity index (χ1n) is 13.6. The van der Waals surface area contributed by atoms with E-state index in [4.69, 9.17) is 5.11 Å². The molecule has 3 N–H and O–H groups in total. The molecule has 10 heteroatoms. The summed E-state index contributed by atoms with van der Waals surface area (Å²) in [6, 6.07) is 16.1. The molecule has 1 aliphatic rings. The number of anilines is 1. The zero-order chi connectivity index (χ0) is 29.5. The van der Waals surface area contributed by atoms with E-state index in [1.807, 2.05) is 48.8 Å². The van der Waals surface area contributed by atoms with Crippen molar-refractivity contribution in [3.63, 3.8) is 0 Å². The molecular weight excluding hydrogens is 530 g/mol. The SMILES string of the molecule is CC(=O)N(C)C1CCC(CC(=O)Nc2cnc(-c3ccc([C@H](NC(=O)O)C(F)F)cc3)c(-c3ccccc3)c2)CC1. The highest BCUT2D eigenvalue weighted by atomic mass is 19.3. The summed E-state index contributed by atoms with van der Waals surface area (Å²) in [4.78, 5) is 41.9. The van der Waals surface area contributed by atoms with Gasteiger partial charge >= 0.3 is 6.09 Å². The van der Waals surface area contributed by atoms with E-state index in [1.54, 1.807) is 30.2 Å². The van der Waals surface area contributed by atoms with Crippen LogP contribution in [0.2, 0.25) is 0 Å². The molecule has 4 rings (SSSR count). The van der Waals surface area contributed by atoms with Gasteiger partial charge in [0.05, 0.1) is 17.6 Å².